The molecular formula is C19H24N4O3. The molecule has 2 N–H and O–H groups in total. The summed E-state index contributed by atoms with van der Waals surface area (Å²) in [5.41, 5.74) is 0.478. The van der Waals surface area contributed by atoms with Crippen LogP contribution in [0.5, 0.6) is 0 Å². The second-order valence-electron chi connectivity index (χ2n) is 7.20. The molecule has 26 heavy (non-hydrogen) atoms. The van der Waals surface area contributed by atoms with Gasteiger partial charge in [-0.15, -0.1) is 0 Å². The van der Waals surface area contributed by atoms with E-state index < -0.39 is 0 Å². The molecular weight excluding hydrogens is 332 g/mol. The zero-order chi connectivity index (χ0) is 18.1. The van der Waals surface area contributed by atoms with Crippen molar-refractivity contribution in [3.05, 3.63) is 40.4 Å². The maximum absolute atomic E-state index is 12.9. The average Bonchev–Trinajstić information content (AvgIpc) is 2.67. The third-order valence-corrected chi connectivity index (χ3v) is 5.40. The fourth-order valence-corrected chi connectivity index (χ4v) is 4.06. The number of carbonyl (C=O) groups is 1. The lowest BCUT2D eigenvalue weighted by molar-refractivity contribution is -0.138. The lowest BCUT2D eigenvalue weighted by Gasteiger charge is -2.40. The molecule has 0 unspecified atom stereocenters. The average molecular weight is 356 g/mol. The molecule has 0 spiro atoms. The first-order chi connectivity index (χ1) is 12.6. The summed E-state index contributed by atoms with van der Waals surface area (Å²) in [5.74, 6) is 0.603. The molecule has 1 aromatic heterocycles. The Kier molecular flexibility index (Phi) is 4.74. The Bertz CT molecular complexity index is 865. The molecule has 2 aliphatic rings. The van der Waals surface area contributed by atoms with E-state index in [4.69, 9.17) is 4.74 Å². The van der Waals surface area contributed by atoms with Crippen LogP contribution in [0.3, 0.4) is 0 Å². The van der Waals surface area contributed by atoms with Crippen LogP contribution in [0.25, 0.3) is 10.9 Å². The molecule has 1 aliphatic heterocycles. The smallest absolute Gasteiger partial charge is 0.258 e. The van der Waals surface area contributed by atoms with Crippen LogP contribution in [-0.4, -0.2) is 53.1 Å². The van der Waals surface area contributed by atoms with Gasteiger partial charge in [0, 0.05) is 25.6 Å². The van der Waals surface area contributed by atoms with E-state index in [2.05, 4.69) is 15.3 Å². The Labute approximate surface area is 151 Å². The summed E-state index contributed by atoms with van der Waals surface area (Å²) in [6, 6.07) is 7.49. The molecule has 2 heterocycles. The predicted molar refractivity (Wildman–Crippen MR) is 97.7 cm³/mol. The highest BCUT2D eigenvalue weighted by Crippen LogP contribution is 2.29. The molecule has 1 saturated carbocycles. The number of rotatable bonds is 3. The Morgan fingerprint density at radius 1 is 1.35 bits per heavy atom. The first-order valence-corrected chi connectivity index (χ1v) is 9.20. The molecule has 138 valence electrons. The number of hydrogen-bond donors (Lipinski definition) is 2. The molecule has 1 amide bonds. The summed E-state index contributed by atoms with van der Waals surface area (Å²) in [6.45, 7) is 1.90. The number of nitrogens with zero attached hydrogens (tertiary/aromatic N) is 2. The van der Waals surface area contributed by atoms with Crippen molar-refractivity contribution in [3.63, 3.8) is 0 Å². The van der Waals surface area contributed by atoms with Crippen molar-refractivity contribution < 1.29 is 9.53 Å². The SMILES string of the molecule is CN(Cc1nc2ccccc2c(=O)[nH]1)C(=O)[C@H]1CC[C@H]2OCCN[C@@H]2C1. The third-order valence-electron chi connectivity index (χ3n) is 5.40. The Hall–Kier alpha value is -2.25. The summed E-state index contributed by atoms with van der Waals surface area (Å²) in [4.78, 5) is 34.0. The fourth-order valence-electron chi connectivity index (χ4n) is 4.06. The van der Waals surface area contributed by atoms with Crippen molar-refractivity contribution in [1.82, 2.24) is 20.2 Å². The monoisotopic (exact) mass is 356 g/mol. The molecule has 0 bridgehead atoms. The molecule has 4 rings (SSSR count). The maximum Gasteiger partial charge on any atom is 0.258 e. The number of para-hydroxylation sites is 1. The zero-order valence-electron chi connectivity index (χ0n) is 14.9. The van der Waals surface area contributed by atoms with E-state index in [-0.39, 0.29) is 29.5 Å². The van der Waals surface area contributed by atoms with Crippen molar-refractivity contribution in [2.75, 3.05) is 20.2 Å². The zero-order valence-corrected chi connectivity index (χ0v) is 14.9. The van der Waals surface area contributed by atoms with Crippen LogP contribution >= 0.6 is 0 Å². The number of amides is 1. The first-order valence-electron chi connectivity index (χ1n) is 9.20. The van der Waals surface area contributed by atoms with Crippen molar-refractivity contribution in [2.45, 2.75) is 38.0 Å². The van der Waals surface area contributed by atoms with Crippen LogP contribution < -0.4 is 10.9 Å². The number of hydrogen-bond acceptors (Lipinski definition) is 5. The molecule has 0 radical (unpaired) electrons. The van der Waals surface area contributed by atoms with Gasteiger partial charge in [-0.2, -0.15) is 0 Å². The number of fused-ring (bicyclic) bond motifs is 2. The second kappa shape index (κ2) is 7.17. The fraction of sp³-hybridized carbons (Fsp3) is 0.526. The molecule has 1 aliphatic carbocycles. The van der Waals surface area contributed by atoms with Gasteiger partial charge < -0.3 is 19.9 Å². The Balaban J connectivity index is 1.45. The molecule has 2 aromatic rings. The first kappa shape index (κ1) is 17.2. The van der Waals surface area contributed by atoms with Crippen molar-refractivity contribution >= 4 is 16.8 Å². The highest BCUT2D eigenvalue weighted by atomic mass is 16.5. The molecule has 1 aromatic carbocycles. The van der Waals surface area contributed by atoms with Crippen LogP contribution in [0.2, 0.25) is 0 Å². The number of H-pyrrole nitrogens is 1. The quantitative estimate of drug-likeness (QED) is 0.858. The normalized spacial score (nSPS) is 25.7. The van der Waals surface area contributed by atoms with Gasteiger partial charge in [0.1, 0.15) is 5.82 Å². The van der Waals surface area contributed by atoms with Gasteiger partial charge in [-0.3, -0.25) is 9.59 Å². The summed E-state index contributed by atoms with van der Waals surface area (Å²) >= 11 is 0. The largest absolute Gasteiger partial charge is 0.375 e. The summed E-state index contributed by atoms with van der Waals surface area (Å²) < 4.78 is 5.78. The van der Waals surface area contributed by atoms with E-state index >= 15 is 0 Å². The minimum absolute atomic E-state index is 0.0115. The molecule has 2 fully saturated rings. The van der Waals surface area contributed by atoms with Crippen LogP contribution in [0.15, 0.2) is 29.1 Å². The van der Waals surface area contributed by atoms with Crippen molar-refractivity contribution in [2.24, 2.45) is 5.92 Å². The van der Waals surface area contributed by atoms with Crippen molar-refractivity contribution in [1.29, 1.82) is 0 Å². The third kappa shape index (κ3) is 3.37. The highest BCUT2D eigenvalue weighted by Gasteiger charge is 2.36. The van der Waals surface area contributed by atoms with Gasteiger partial charge in [0.15, 0.2) is 0 Å². The van der Waals surface area contributed by atoms with Crippen LogP contribution in [0.1, 0.15) is 25.1 Å². The van der Waals surface area contributed by atoms with Gasteiger partial charge in [0.2, 0.25) is 5.91 Å². The summed E-state index contributed by atoms with van der Waals surface area (Å²) in [7, 11) is 1.77. The molecule has 3 atom stereocenters. The lowest BCUT2D eigenvalue weighted by atomic mass is 9.82. The van der Waals surface area contributed by atoms with Gasteiger partial charge in [0.05, 0.1) is 30.2 Å². The number of aromatic amines is 1. The number of aromatic nitrogens is 2. The summed E-state index contributed by atoms with van der Waals surface area (Å²) in [5, 5.41) is 4.03. The minimum atomic E-state index is -0.171. The van der Waals surface area contributed by atoms with E-state index in [1.165, 1.54) is 0 Å². The standard InChI is InChI=1S/C19H24N4O3/c1-23(11-17-21-14-5-3-2-4-13(14)18(24)22-17)19(25)12-6-7-16-15(10-12)20-8-9-26-16/h2-5,12,15-16,20H,6-11H2,1H3,(H,21,22,24)/t12-,15+,16+/m0/s1. The van der Waals surface area contributed by atoms with Crippen LogP contribution in [-0.2, 0) is 16.1 Å². The van der Waals surface area contributed by atoms with E-state index in [1.54, 1.807) is 18.0 Å². The number of benzene rings is 1. The van der Waals surface area contributed by atoms with E-state index in [0.717, 1.165) is 32.4 Å². The Morgan fingerprint density at radius 3 is 3.08 bits per heavy atom. The highest BCUT2D eigenvalue weighted by molar-refractivity contribution is 5.79. The predicted octanol–water partition coefficient (Wildman–Crippen LogP) is 1.04. The van der Waals surface area contributed by atoms with Gasteiger partial charge in [0.25, 0.3) is 5.56 Å². The number of morpholine rings is 1. The summed E-state index contributed by atoms with van der Waals surface area (Å²) in [6.07, 6.45) is 2.78. The molecule has 1 saturated heterocycles. The Morgan fingerprint density at radius 2 is 2.19 bits per heavy atom. The van der Waals surface area contributed by atoms with Crippen LogP contribution in [0.4, 0.5) is 0 Å². The number of carbonyl (C=O) groups excluding carboxylic acids is 1. The maximum atomic E-state index is 12.9. The van der Waals surface area contributed by atoms with Gasteiger partial charge in [-0.05, 0) is 31.4 Å². The van der Waals surface area contributed by atoms with Crippen molar-refractivity contribution in [3.8, 4) is 0 Å². The van der Waals surface area contributed by atoms with Gasteiger partial charge in [-0.25, -0.2) is 4.98 Å². The number of ether oxygens (including phenoxy) is 1. The van der Waals surface area contributed by atoms with Gasteiger partial charge >= 0.3 is 0 Å². The number of nitrogens with one attached hydrogen (secondary N) is 2. The molecule has 7 nitrogen and oxygen atoms in total. The molecule has 7 heteroatoms. The van der Waals surface area contributed by atoms with Crippen LogP contribution in [0, 0.1) is 5.92 Å². The lowest BCUT2D eigenvalue weighted by Crippen LogP contribution is -2.53. The second-order valence-corrected chi connectivity index (χ2v) is 7.20. The topological polar surface area (TPSA) is 87.3 Å². The van der Waals surface area contributed by atoms with E-state index in [9.17, 15) is 9.59 Å². The minimum Gasteiger partial charge on any atom is -0.375 e. The van der Waals surface area contributed by atoms with E-state index in [0.29, 0.717) is 23.3 Å². The van der Waals surface area contributed by atoms with Gasteiger partial charge in [-0.1, -0.05) is 12.1 Å². The van der Waals surface area contributed by atoms with E-state index in [1.807, 2.05) is 18.2 Å².